The van der Waals surface area contributed by atoms with E-state index in [1.54, 1.807) is 0 Å². The van der Waals surface area contributed by atoms with Crippen molar-refractivity contribution in [1.29, 1.82) is 0 Å². The number of hydrogen-bond donors (Lipinski definition) is 0. The Morgan fingerprint density at radius 3 is 1.62 bits per heavy atom. The quantitative estimate of drug-likeness (QED) is 0.473. The van der Waals surface area contributed by atoms with Crippen molar-refractivity contribution < 1.29 is 31.1 Å². The highest BCUT2D eigenvalue weighted by atomic mass is 19.4. The van der Waals surface area contributed by atoms with Crippen molar-refractivity contribution in [2.75, 3.05) is 13.7 Å². The molecule has 0 saturated heterocycles. The fourth-order valence-corrected chi connectivity index (χ4v) is 3.44. The molecule has 1 aliphatic rings. The van der Waals surface area contributed by atoms with Crippen molar-refractivity contribution in [2.24, 2.45) is 17.8 Å². The first-order valence-electron chi connectivity index (χ1n) is 7.21. The molecule has 1 nitrogen and oxygen atoms in total. The van der Waals surface area contributed by atoms with E-state index in [9.17, 15) is 26.3 Å². The lowest BCUT2D eigenvalue weighted by Gasteiger charge is -2.36. The molecule has 126 valence electrons. The first-order valence-corrected chi connectivity index (χ1v) is 7.21. The molecule has 0 N–H and O–H groups in total. The van der Waals surface area contributed by atoms with Crippen LogP contribution >= 0.6 is 0 Å². The van der Waals surface area contributed by atoms with Gasteiger partial charge in [-0.1, -0.05) is 0 Å². The predicted molar refractivity (Wildman–Crippen MR) is 66.8 cm³/mol. The van der Waals surface area contributed by atoms with Crippen molar-refractivity contribution in [2.45, 2.75) is 57.3 Å². The van der Waals surface area contributed by atoms with Crippen LogP contribution in [0, 0.1) is 17.8 Å². The first-order chi connectivity index (χ1) is 9.59. The zero-order valence-electron chi connectivity index (χ0n) is 12.1. The summed E-state index contributed by atoms with van der Waals surface area (Å²) in [5.41, 5.74) is 0. The minimum atomic E-state index is -4.30. The fraction of sp³-hybridized carbons (Fsp3) is 1.00. The topological polar surface area (TPSA) is 9.23 Å². The molecule has 1 rings (SSSR count). The van der Waals surface area contributed by atoms with Crippen molar-refractivity contribution in [3.63, 3.8) is 0 Å². The molecule has 21 heavy (non-hydrogen) atoms. The van der Waals surface area contributed by atoms with Gasteiger partial charge in [-0.25, -0.2) is 0 Å². The molecule has 0 aromatic rings. The minimum absolute atomic E-state index is 0.0276. The highest BCUT2D eigenvalue weighted by molar-refractivity contribution is 4.82. The molecule has 0 aromatic carbocycles. The van der Waals surface area contributed by atoms with E-state index < -0.39 is 37.0 Å². The molecule has 7 heteroatoms. The van der Waals surface area contributed by atoms with Gasteiger partial charge in [0.1, 0.15) is 0 Å². The van der Waals surface area contributed by atoms with Gasteiger partial charge in [-0.15, -0.1) is 0 Å². The van der Waals surface area contributed by atoms with Gasteiger partial charge in [0.25, 0.3) is 0 Å². The molecule has 0 aromatic heterocycles. The number of halogens is 6. The summed E-state index contributed by atoms with van der Waals surface area (Å²) in [7, 11) is 1.53. The maximum absolute atomic E-state index is 12.5. The van der Waals surface area contributed by atoms with Gasteiger partial charge in [-0.3, -0.25) is 0 Å². The summed E-state index contributed by atoms with van der Waals surface area (Å²) in [6.07, 6.45) is -8.46. The van der Waals surface area contributed by atoms with Crippen molar-refractivity contribution in [1.82, 2.24) is 0 Å². The Bertz CT molecular complexity index is 275. The molecule has 0 aliphatic heterocycles. The average molecular weight is 320 g/mol. The summed E-state index contributed by atoms with van der Waals surface area (Å²) < 4.78 is 79.9. The normalized spacial score (nSPS) is 27.9. The summed E-state index contributed by atoms with van der Waals surface area (Å²) >= 11 is 0. The Hall–Kier alpha value is -0.460. The van der Waals surface area contributed by atoms with Gasteiger partial charge < -0.3 is 4.74 Å². The van der Waals surface area contributed by atoms with Crippen LogP contribution in [0.3, 0.4) is 0 Å². The number of rotatable bonds is 6. The third kappa shape index (κ3) is 8.53. The fourth-order valence-electron chi connectivity index (χ4n) is 3.44. The Morgan fingerprint density at radius 1 is 0.810 bits per heavy atom. The molecule has 2 unspecified atom stereocenters. The van der Waals surface area contributed by atoms with Gasteiger partial charge >= 0.3 is 12.4 Å². The SMILES string of the molecule is COCCCC1CC(CC(F)(F)F)CC(CC(F)(F)F)C1. The van der Waals surface area contributed by atoms with E-state index in [0.717, 1.165) is 0 Å². The second-order valence-corrected chi connectivity index (χ2v) is 6.08. The molecule has 0 bridgehead atoms. The maximum atomic E-state index is 12.5. The number of ether oxygens (including phenoxy) is 1. The third-order valence-electron chi connectivity index (χ3n) is 4.00. The number of alkyl halides is 6. The van der Waals surface area contributed by atoms with Gasteiger partial charge in [-0.05, 0) is 49.9 Å². The summed E-state index contributed by atoms with van der Waals surface area (Å²) in [5.74, 6) is -1.43. The van der Waals surface area contributed by atoms with Gasteiger partial charge in [-0.2, -0.15) is 26.3 Å². The molecule has 1 fully saturated rings. The van der Waals surface area contributed by atoms with Gasteiger partial charge in [0.15, 0.2) is 0 Å². The zero-order valence-corrected chi connectivity index (χ0v) is 12.1. The monoisotopic (exact) mass is 320 g/mol. The highest BCUT2D eigenvalue weighted by Crippen LogP contribution is 2.44. The average Bonchev–Trinajstić information content (AvgIpc) is 2.24. The highest BCUT2D eigenvalue weighted by Gasteiger charge is 2.40. The molecule has 0 amide bonds. The molecular weight excluding hydrogens is 298 g/mol. The van der Waals surface area contributed by atoms with Crippen LogP contribution in [-0.4, -0.2) is 26.1 Å². The lowest BCUT2D eigenvalue weighted by molar-refractivity contribution is -0.160. The summed E-state index contributed by atoms with van der Waals surface area (Å²) in [5, 5.41) is 0. The second-order valence-electron chi connectivity index (χ2n) is 6.08. The van der Waals surface area contributed by atoms with Crippen LogP contribution in [-0.2, 0) is 4.74 Å². The standard InChI is InChI=1S/C14H22F6O/c1-21-4-2-3-10-5-11(8-13(15,16)17)7-12(6-10)9-14(18,19)20/h10-12H,2-9H2,1H3. The van der Waals surface area contributed by atoms with Crippen LogP contribution in [0.1, 0.15) is 44.9 Å². The smallest absolute Gasteiger partial charge is 0.385 e. The predicted octanol–water partition coefficient (Wildman–Crippen LogP) is 5.35. The second kappa shape index (κ2) is 7.70. The lowest BCUT2D eigenvalue weighted by atomic mass is 9.71. The van der Waals surface area contributed by atoms with Crippen LogP contribution in [0.15, 0.2) is 0 Å². The Labute approximate surface area is 121 Å². The van der Waals surface area contributed by atoms with E-state index in [2.05, 4.69) is 0 Å². The summed E-state index contributed by atoms with van der Waals surface area (Å²) in [6.45, 7) is 0.490. The Morgan fingerprint density at radius 2 is 1.24 bits per heavy atom. The molecule has 1 saturated carbocycles. The molecule has 0 spiro atoms. The lowest BCUT2D eigenvalue weighted by Crippen LogP contribution is -2.29. The summed E-state index contributed by atoms with van der Waals surface area (Å²) in [6, 6.07) is 0. The van der Waals surface area contributed by atoms with Crippen molar-refractivity contribution in [3.8, 4) is 0 Å². The zero-order chi connectivity index (χ0) is 16.1. The Balaban J connectivity index is 2.59. The molecule has 0 heterocycles. The van der Waals surface area contributed by atoms with E-state index in [1.165, 1.54) is 7.11 Å². The first kappa shape index (κ1) is 18.6. The van der Waals surface area contributed by atoms with Crippen LogP contribution < -0.4 is 0 Å². The minimum Gasteiger partial charge on any atom is -0.385 e. The van der Waals surface area contributed by atoms with Crippen molar-refractivity contribution >= 4 is 0 Å². The third-order valence-corrected chi connectivity index (χ3v) is 4.00. The number of methoxy groups -OCH3 is 1. The van der Waals surface area contributed by atoms with Crippen LogP contribution in [0.25, 0.3) is 0 Å². The van der Waals surface area contributed by atoms with Gasteiger partial charge in [0.2, 0.25) is 0 Å². The molecule has 0 radical (unpaired) electrons. The number of hydrogen-bond acceptors (Lipinski definition) is 1. The summed E-state index contributed by atoms with van der Waals surface area (Å²) in [4.78, 5) is 0. The van der Waals surface area contributed by atoms with Gasteiger partial charge in [0.05, 0.1) is 0 Å². The van der Waals surface area contributed by atoms with Crippen LogP contribution in [0.4, 0.5) is 26.3 Å². The van der Waals surface area contributed by atoms with E-state index in [0.29, 0.717) is 32.3 Å². The van der Waals surface area contributed by atoms with Crippen molar-refractivity contribution in [3.05, 3.63) is 0 Å². The van der Waals surface area contributed by atoms with Crippen LogP contribution in [0.2, 0.25) is 0 Å². The van der Waals surface area contributed by atoms with E-state index >= 15 is 0 Å². The molecular formula is C14H22F6O. The Kier molecular flexibility index (Phi) is 6.81. The molecule has 1 aliphatic carbocycles. The molecule has 2 atom stereocenters. The van der Waals surface area contributed by atoms with E-state index in [-0.39, 0.29) is 12.3 Å². The maximum Gasteiger partial charge on any atom is 0.389 e. The largest absolute Gasteiger partial charge is 0.389 e. The van der Waals surface area contributed by atoms with E-state index in [4.69, 9.17) is 4.74 Å². The van der Waals surface area contributed by atoms with E-state index in [1.807, 2.05) is 0 Å². The van der Waals surface area contributed by atoms with Crippen LogP contribution in [0.5, 0.6) is 0 Å². The van der Waals surface area contributed by atoms with Gasteiger partial charge in [0, 0.05) is 26.6 Å².